The van der Waals surface area contributed by atoms with Gasteiger partial charge in [0.05, 0.1) is 5.38 Å². The molecule has 0 bridgehead atoms. The highest BCUT2D eigenvalue weighted by atomic mass is 35.5. The van der Waals surface area contributed by atoms with Crippen molar-refractivity contribution in [1.29, 1.82) is 0 Å². The van der Waals surface area contributed by atoms with Gasteiger partial charge in [-0.15, -0.1) is 11.6 Å². The molecule has 1 rings (SSSR count). The van der Waals surface area contributed by atoms with E-state index in [-0.39, 0.29) is 5.38 Å². The molecule has 0 radical (unpaired) electrons. The van der Waals surface area contributed by atoms with Crippen molar-refractivity contribution in [2.75, 3.05) is 0 Å². The first kappa shape index (κ1) is 9.46. The molecule has 1 aromatic heterocycles. The van der Waals surface area contributed by atoms with E-state index in [0.717, 1.165) is 25.1 Å². The summed E-state index contributed by atoms with van der Waals surface area (Å²) in [5.41, 5.74) is 0. The van der Waals surface area contributed by atoms with Crippen LogP contribution < -0.4 is 0 Å². The van der Waals surface area contributed by atoms with Crippen molar-refractivity contribution in [2.24, 2.45) is 0 Å². The Hall–Kier alpha value is -0.630. The molecular formula is C9H13ClN2. The fourth-order valence-corrected chi connectivity index (χ4v) is 1.25. The standard InChI is InChI=1S/C9H13ClN2/c1-2-3-5-8(10)9-11-6-4-7-12-9/h4,6-8H,2-3,5H2,1H3. The van der Waals surface area contributed by atoms with Crippen LogP contribution in [0.25, 0.3) is 0 Å². The van der Waals surface area contributed by atoms with E-state index in [1.165, 1.54) is 0 Å². The SMILES string of the molecule is CCCCC(Cl)c1ncccn1. The van der Waals surface area contributed by atoms with Crippen molar-refractivity contribution in [3.05, 3.63) is 24.3 Å². The molecule has 1 aromatic rings. The molecule has 0 saturated carbocycles. The summed E-state index contributed by atoms with van der Waals surface area (Å²) >= 11 is 6.06. The van der Waals surface area contributed by atoms with Gasteiger partial charge in [0.1, 0.15) is 5.82 Å². The molecule has 66 valence electrons. The number of unbranched alkanes of at least 4 members (excludes halogenated alkanes) is 1. The van der Waals surface area contributed by atoms with Crippen molar-refractivity contribution in [1.82, 2.24) is 9.97 Å². The molecule has 0 amide bonds. The van der Waals surface area contributed by atoms with Gasteiger partial charge in [0.2, 0.25) is 0 Å². The van der Waals surface area contributed by atoms with Gasteiger partial charge in [0.25, 0.3) is 0 Å². The van der Waals surface area contributed by atoms with Crippen LogP contribution in [0.5, 0.6) is 0 Å². The number of halogens is 1. The third kappa shape index (κ3) is 2.78. The Bertz CT molecular complexity index is 213. The predicted molar refractivity (Wildman–Crippen MR) is 50.2 cm³/mol. The van der Waals surface area contributed by atoms with Crippen LogP contribution in [0.3, 0.4) is 0 Å². The quantitative estimate of drug-likeness (QED) is 0.673. The molecule has 0 aromatic carbocycles. The fraction of sp³-hybridized carbons (Fsp3) is 0.556. The largest absolute Gasteiger partial charge is 0.240 e. The van der Waals surface area contributed by atoms with Gasteiger partial charge in [-0.05, 0) is 12.5 Å². The smallest absolute Gasteiger partial charge is 0.146 e. The summed E-state index contributed by atoms with van der Waals surface area (Å²) in [5.74, 6) is 0.743. The first-order valence-electron chi connectivity index (χ1n) is 4.25. The maximum absolute atomic E-state index is 6.06. The molecule has 2 nitrogen and oxygen atoms in total. The van der Waals surface area contributed by atoms with E-state index in [0.29, 0.717) is 0 Å². The van der Waals surface area contributed by atoms with Crippen molar-refractivity contribution >= 4 is 11.6 Å². The van der Waals surface area contributed by atoms with Crippen molar-refractivity contribution < 1.29 is 0 Å². The highest BCUT2D eigenvalue weighted by molar-refractivity contribution is 6.20. The van der Waals surface area contributed by atoms with Crippen LogP contribution in [0.4, 0.5) is 0 Å². The number of hydrogen-bond donors (Lipinski definition) is 0. The van der Waals surface area contributed by atoms with Crippen molar-refractivity contribution in [3.8, 4) is 0 Å². The number of aromatic nitrogens is 2. The number of alkyl halides is 1. The first-order chi connectivity index (χ1) is 5.84. The highest BCUT2D eigenvalue weighted by Crippen LogP contribution is 2.22. The second kappa shape index (κ2) is 5.09. The van der Waals surface area contributed by atoms with Gasteiger partial charge in [-0.1, -0.05) is 19.8 Å². The van der Waals surface area contributed by atoms with Gasteiger partial charge < -0.3 is 0 Å². The Labute approximate surface area is 78.0 Å². The maximum Gasteiger partial charge on any atom is 0.146 e. The maximum atomic E-state index is 6.06. The summed E-state index contributed by atoms with van der Waals surface area (Å²) in [6.45, 7) is 2.15. The number of hydrogen-bond acceptors (Lipinski definition) is 2. The Morgan fingerprint density at radius 2 is 2.08 bits per heavy atom. The average Bonchev–Trinajstić information content (AvgIpc) is 2.15. The highest BCUT2D eigenvalue weighted by Gasteiger charge is 2.08. The lowest BCUT2D eigenvalue weighted by atomic mass is 10.2. The van der Waals surface area contributed by atoms with E-state index >= 15 is 0 Å². The molecule has 0 aliphatic carbocycles. The summed E-state index contributed by atoms with van der Waals surface area (Å²) in [5, 5.41) is -0.0221. The van der Waals surface area contributed by atoms with Crippen molar-refractivity contribution in [3.63, 3.8) is 0 Å². The zero-order chi connectivity index (χ0) is 8.81. The first-order valence-corrected chi connectivity index (χ1v) is 4.69. The topological polar surface area (TPSA) is 25.8 Å². The van der Waals surface area contributed by atoms with Gasteiger partial charge in [0, 0.05) is 12.4 Å². The molecule has 12 heavy (non-hydrogen) atoms. The third-order valence-corrected chi connectivity index (χ3v) is 2.09. The molecule has 1 heterocycles. The van der Waals surface area contributed by atoms with E-state index in [1.54, 1.807) is 18.5 Å². The van der Waals surface area contributed by atoms with Crippen molar-refractivity contribution in [2.45, 2.75) is 31.6 Å². The Kier molecular flexibility index (Phi) is 4.01. The summed E-state index contributed by atoms with van der Waals surface area (Å²) in [6, 6.07) is 1.80. The van der Waals surface area contributed by atoms with Gasteiger partial charge in [0.15, 0.2) is 0 Å². The predicted octanol–water partition coefficient (Wildman–Crippen LogP) is 2.95. The normalized spacial score (nSPS) is 12.8. The van der Waals surface area contributed by atoms with Crippen LogP contribution in [0.2, 0.25) is 0 Å². The fourth-order valence-electron chi connectivity index (χ4n) is 0.985. The Morgan fingerprint density at radius 3 is 2.67 bits per heavy atom. The van der Waals surface area contributed by atoms with Gasteiger partial charge in [-0.3, -0.25) is 0 Å². The number of nitrogens with zero attached hydrogens (tertiary/aromatic N) is 2. The minimum absolute atomic E-state index is 0.0221. The number of rotatable bonds is 4. The minimum atomic E-state index is -0.0221. The second-order valence-corrected chi connectivity index (χ2v) is 3.24. The molecule has 1 atom stereocenters. The lowest BCUT2D eigenvalue weighted by Gasteiger charge is -2.05. The van der Waals surface area contributed by atoms with Crippen LogP contribution >= 0.6 is 11.6 Å². The van der Waals surface area contributed by atoms with E-state index in [9.17, 15) is 0 Å². The summed E-state index contributed by atoms with van der Waals surface area (Å²) in [7, 11) is 0. The molecular weight excluding hydrogens is 172 g/mol. The van der Waals surface area contributed by atoms with Crippen LogP contribution in [0.1, 0.15) is 37.4 Å². The molecule has 0 aliphatic rings. The van der Waals surface area contributed by atoms with Crippen LogP contribution in [0.15, 0.2) is 18.5 Å². The molecule has 0 spiro atoms. The van der Waals surface area contributed by atoms with E-state index in [2.05, 4.69) is 16.9 Å². The molecule has 0 N–H and O–H groups in total. The van der Waals surface area contributed by atoms with Gasteiger partial charge >= 0.3 is 0 Å². The summed E-state index contributed by atoms with van der Waals surface area (Å²) in [6.07, 6.45) is 6.71. The van der Waals surface area contributed by atoms with Crippen LogP contribution in [0, 0.1) is 0 Å². The zero-order valence-electron chi connectivity index (χ0n) is 7.20. The lowest BCUT2D eigenvalue weighted by Crippen LogP contribution is -1.96. The summed E-state index contributed by atoms with van der Waals surface area (Å²) < 4.78 is 0. The van der Waals surface area contributed by atoms with Crippen LogP contribution in [-0.2, 0) is 0 Å². The zero-order valence-corrected chi connectivity index (χ0v) is 7.96. The summed E-state index contributed by atoms with van der Waals surface area (Å²) in [4.78, 5) is 8.18. The molecule has 0 saturated heterocycles. The molecule has 0 fully saturated rings. The van der Waals surface area contributed by atoms with E-state index < -0.39 is 0 Å². The minimum Gasteiger partial charge on any atom is -0.240 e. The molecule has 0 aliphatic heterocycles. The molecule has 3 heteroatoms. The Balaban J connectivity index is 2.48. The molecule has 1 unspecified atom stereocenters. The second-order valence-electron chi connectivity index (χ2n) is 2.72. The lowest BCUT2D eigenvalue weighted by molar-refractivity contribution is 0.675. The van der Waals surface area contributed by atoms with Gasteiger partial charge in [-0.2, -0.15) is 0 Å². The van der Waals surface area contributed by atoms with Gasteiger partial charge in [-0.25, -0.2) is 9.97 Å². The van der Waals surface area contributed by atoms with E-state index in [4.69, 9.17) is 11.6 Å². The van der Waals surface area contributed by atoms with Crippen LogP contribution in [-0.4, -0.2) is 9.97 Å². The average molecular weight is 185 g/mol. The Morgan fingerprint density at radius 1 is 1.42 bits per heavy atom. The monoisotopic (exact) mass is 184 g/mol. The third-order valence-electron chi connectivity index (χ3n) is 1.68. The van der Waals surface area contributed by atoms with E-state index in [1.807, 2.05) is 0 Å².